The predicted octanol–water partition coefficient (Wildman–Crippen LogP) is 2.92. The van der Waals surface area contributed by atoms with Gasteiger partial charge in [0.25, 0.3) is 0 Å². The molecule has 0 unspecified atom stereocenters. The molecule has 3 aromatic carbocycles. The van der Waals surface area contributed by atoms with Crippen molar-refractivity contribution >= 4 is 50.0 Å². The number of sulfonamides is 1. The third kappa shape index (κ3) is 5.48. The highest BCUT2D eigenvalue weighted by Gasteiger charge is 2.15. The number of rotatable bonds is 6. The van der Waals surface area contributed by atoms with Crippen LogP contribution in [0.5, 0.6) is 5.75 Å². The number of azo groups is 1. The number of anilines is 2. The molecule has 0 aliphatic heterocycles. The van der Waals surface area contributed by atoms with E-state index in [4.69, 9.17) is 21.3 Å². The molecule has 1 aromatic heterocycles. The fraction of sp³-hybridized carbons (Fsp3) is 0.0455. The Labute approximate surface area is 199 Å². The number of hydrogen-bond donors (Lipinski definition) is 4. The number of nitrogen functional groups attached to an aromatic ring is 2. The van der Waals surface area contributed by atoms with Gasteiger partial charge in [-0.15, -0.1) is 0 Å². The number of carbonyl (C=O) groups is 1. The fourth-order valence-corrected chi connectivity index (χ4v) is 3.62. The molecule has 0 aliphatic rings. The van der Waals surface area contributed by atoms with E-state index in [1.165, 1.54) is 42.5 Å². The molecule has 0 fully saturated rings. The van der Waals surface area contributed by atoms with Crippen LogP contribution in [0, 0.1) is 0 Å². The Morgan fingerprint density at radius 2 is 1.63 bits per heavy atom. The first-order valence-electron chi connectivity index (χ1n) is 9.96. The van der Waals surface area contributed by atoms with Gasteiger partial charge in [0.1, 0.15) is 23.7 Å². The van der Waals surface area contributed by atoms with Crippen LogP contribution in [0.15, 0.2) is 75.8 Å². The van der Waals surface area contributed by atoms with Crippen molar-refractivity contribution in [3.63, 3.8) is 0 Å². The lowest BCUT2D eigenvalue weighted by Crippen LogP contribution is -2.11. The fourth-order valence-electron chi connectivity index (χ4n) is 3.10. The zero-order valence-corrected chi connectivity index (χ0v) is 18.8. The Morgan fingerprint density at radius 3 is 2.34 bits per heavy atom. The van der Waals surface area contributed by atoms with E-state index in [1.807, 2.05) is 0 Å². The molecule has 12 nitrogen and oxygen atoms in total. The van der Waals surface area contributed by atoms with Crippen molar-refractivity contribution in [2.75, 3.05) is 11.5 Å². The minimum absolute atomic E-state index is 0.0576. The van der Waals surface area contributed by atoms with Gasteiger partial charge in [-0.2, -0.15) is 15.2 Å². The van der Waals surface area contributed by atoms with E-state index in [-0.39, 0.29) is 40.3 Å². The third-order valence-electron chi connectivity index (χ3n) is 4.82. The lowest BCUT2D eigenvalue weighted by molar-refractivity contribution is 0.0469. The highest BCUT2D eigenvalue weighted by molar-refractivity contribution is 7.89. The second-order valence-electron chi connectivity index (χ2n) is 7.34. The summed E-state index contributed by atoms with van der Waals surface area (Å²) in [5.41, 5.74) is 13.2. The summed E-state index contributed by atoms with van der Waals surface area (Å²) >= 11 is 0. The van der Waals surface area contributed by atoms with Gasteiger partial charge in [0.05, 0.1) is 21.8 Å². The Bertz CT molecular complexity index is 1570. The van der Waals surface area contributed by atoms with E-state index in [1.54, 1.807) is 18.2 Å². The normalized spacial score (nSPS) is 11.7. The molecule has 0 spiro atoms. The Morgan fingerprint density at radius 1 is 0.943 bits per heavy atom. The molecular weight excluding hydrogens is 474 g/mol. The average Bonchev–Trinajstić information content (AvgIpc) is 2.82. The second kappa shape index (κ2) is 9.32. The summed E-state index contributed by atoms with van der Waals surface area (Å²) in [4.78, 5) is 20.5. The van der Waals surface area contributed by atoms with Crippen molar-refractivity contribution in [3.8, 4) is 5.75 Å². The summed E-state index contributed by atoms with van der Waals surface area (Å²) in [5.74, 6) is -0.811. The van der Waals surface area contributed by atoms with Crippen LogP contribution in [0.1, 0.15) is 15.9 Å². The zero-order valence-electron chi connectivity index (χ0n) is 18.0. The van der Waals surface area contributed by atoms with E-state index in [0.29, 0.717) is 22.2 Å². The van der Waals surface area contributed by atoms with Gasteiger partial charge in [0.2, 0.25) is 16.0 Å². The summed E-state index contributed by atoms with van der Waals surface area (Å²) < 4.78 is 28.0. The van der Waals surface area contributed by atoms with Gasteiger partial charge < -0.3 is 21.3 Å². The number of hydrogen-bond acceptors (Lipinski definition) is 11. The van der Waals surface area contributed by atoms with E-state index >= 15 is 0 Å². The molecule has 178 valence electrons. The first-order valence-corrected chi connectivity index (χ1v) is 11.5. The summed E-state index contributed by atoms with van der Waals surface area (Å²) in [6.45, 7) is -0.0970. The van der Waals surface area contributed by atoms with E-state index in [9.17, 15) is 18.3 Å². The number of primary sulfonamides is 1. The Hall–Kier alpha value is -4.62. The summed E-state index contributed by atoms with van der Waals surface area (Å²) in [7, 11) is -3.82. The molecule has 0 radical (unpaired) electrons. The van der Waals surface area contributed by atoms with Crippen molar-refractivity contribution in [2.45, 2.75) is 11.5 Å². The smallest absolute Gasteiger partial charge is 0.342 e. The topological polar surface area (TPSA) is 209 Å². The van der Waals surface area contributed by atoms with E-state index in [0.717, 1.165) is 0 Å². The maximum atomic E-state index is 12.6. The zero-order chi connectivity index (χ0) is 25.2. The first kappa shape index (κ1) is 23.5. The predicted molar refractivity (Wildman–Crippen MR) is 128 cm³/mol. The molecule has 0 amide bonds. The summed E-state index contributed by atoms with van der Waals surface area (Å²) in [5, 5.41) is 23.7. The van der Waals surface area contributed by atoms with Crippen LogP contribution in [0.3, 0.4) is 0 Å². The number of aromatic nitrogens is 2. The summed E-state index contributed by atoms with van der Waals surface area (Å²) in [6, 6.07) is 14.6. The van der Waals surface area contributed by atoms with Crippen molar-refractivity contribution in [1.82, 2.24) is 9.97 Å². The van der Waals surface area contributed by atoms with Crippen molar-refractivity contribution < 1.29 is 23.1 Å². The van der Waals surface area contributed by atoms with Crippen LogP contribution in [-0.4, -0.2) is 29.5 Å². The average molecular weight is 494 g/mol. The monoisotopic (exact) mass is 493 g/mol. The number of nitrogens with two attached hydrogens (primary N) is 3. The molecule has 4 aromatic rings. The van der Waals surface area contributed by atoms with Gasteiger partial charge in [-0.1, -0.05) is 6.07 Å². The van der Waals surface area contributed by atoms with Crippen LogP contribution < -0.4 is 16.6 Å². The van der Waals surface area contributed by atoms with Gasteiger partial charge in [-0.05, 0) is 60.2 Å². The quantitative estimate of drug-likeness (QED) is 0.229. The standard InChI is InChI=1S/C22H19N7O5S/c23-20-16-9-12(1-7-18(16)26-22(24)27-20)11-34-21(31)17-10-14(4-8-19(17)30)29-28-13-2-5-15(6-3-13)35(25,32)33/h1-10,30H,11H2,(H2,25,32,33)(H4,23,24,26,27). The SMILES string of the molecule is Nc1nc(N)c2cc(COC(=O)c3cc(N=Nc4ccc(S(N)(=O)=O)cc4)ccc3O)ccc2n1. The molecule has 0 saturated heterocycles. The first-order chi connectivity index (χ1) is 16.6. The molecule has 0 aliphatic carbocycles. The lowest BCUT2D eigenvalue weighted by Gasteiger charge is -2.08. The van der Waals surface area contributed by atoms with Crippen LogP contribution >= 0.6 is 0 Å². The summed E-state index contributed by atoms with van der Waals surface area (Å²) in [6.07, 6.45) is 0. The number of fused-ring (bicyclic) bond motifs is 1. The van der Waals surface area contributed by atoms with Crippen LogP contribution in [-0.2, 0) is 21.4 Å². The molecule has 4 rings (SSSR count). The maximum Gasteiger partial charge on any atom is 0.342 e. The number of carbonyl (C=O) groups excluding carboxylic acids is 1. The van der Waals surface area contributed by atoms with Gasteiger partial charge in [0.15, 0.2) is 0 Å². The minimum Gasteiger partial charge on any atom is -0.507 e. The van der Waals surface area contributed by atoms with Crippen LogP contribution in [0.25, 0.3) is 10.9 Å². The molecule has 1 heterocycles. The number of phenols is 1. The van der Waals surface area contributed by atoms with Crippen LogP contribution in [0.4, 0.5) is 23.1 Å². The molecule has 0 atom stereocenters. The third-order valence-corrected chi connectivity index (χ3v) is 5.75. The number of esters is 1. The maximum absolute atomic E-state index is 12.6. The Balaban J connectivity index is 1.48. The van der Waals surface area contributed by atoms with Gasteiger partial charge in [-0.25, -0.2) is 23.3 Å². The number of ether oxygens (including phenoxy) is 1. The van der Waals surface area contributed by atoms with Gasteiger partial charge in [0, 0.05) is 5.39 Å². The minimum atomic E-state index is -3.82. The van der Waals surface area contributed by atoms with Crippen molar-refractivity contribution in [1.29, 1.82) is 0 Å². The lowest BCUT2D eigenvalue weighted by atomic mass is 10.1. The Kier molecular flexibility index (Phi) is 6.27. The molecule has 7 N–H and O–H groups in total. The van der Waals surface area contributed by atoms with Crippen molar-refractivity contribution in [3.05, 3.63) is 71.8 Å². The number of benzene rings is 3. The molecule has 0 saturated carbocycles. The number of phenolic OH excluding ortho intramolecular Hbond substituents is 1. The molecule has 35 heavy (non-hydrogen) atoms. The van der Waals surface area contributed by atoms with Crippen molar-refractivity contribution in [2.24, 2.45) is 15.4 Å². The van der Waals surface area contributed by atoms with E-state index in [2.05, 4.69) is 20.2 Å². The van der Waals surface area contributed by atoms with Crippen LogP contribution in [0.2, 0.25) is 0 Å². The number of nitrogens with zero attached hydrogens (tertiary/aromatic N) is 4. The van der Waals surface area contributed by atoms with E-state index < -0.39 is 16.0 Å². The van der Waals surface area contributed by atoms with Gasteiger partial charge >= 0.3 is 5.97 Å². The second-order valence-corrected chi connectivity index (χ2v) is 8.90. The van der Waals surface area contributed by atoms with Gasteiger partial charge in [-0.3, -0.25) is 0 Å². The molecular formula is C22H19N7O5S. The molecule has 0 bridgehead atoms. The largest absolute Gasteiger partial charge is 0.507 e. The highest BCUT2D eigenvalue weighted by Crippen LogP contribution is 2.27. The highest BCUT2D eigenvalue weighted by atomic mass is 32.2. The number of aromatic hydroxyl groups is 1. The molecule has 13 heteroatoms.